The number of rotatable bonds is 5. The summed E-state index contributed by atoms with van der Waals surface area (Å²) < 4.78 is 1.10. The van der Waals surface area contributed by atoms with Gasteiger partial charge in [0.05, 0.1) is 10.2 Å². The Morgan fingerprint density at radius 3 is 2.55 bits per heavy atom. The SMILES string of the molecule is CC(C)N1CCc2c(sc(NC(=O)CN3C(=O)CCC3=O)c2-c2nc3ccccc3s2)C1.Cl. The summed E-state index contributed by atoms with van der Waals surface area (Å²) >= 11 is 3.20. The molecule has 10 heteroatoms. The number of carbonyl (C=O) groups excluding carboxylic acids is 3. The van der Waals surface area contributed by atoms with Gasteiger partial charge in [0.25, 0.3) is 0 Å². The van der Waals surface area contributed by atoms with E-state index in [9.17, 15) is 14.4 Å². The molecule has 4 heterocycles. The van der Waals surface area contributed by atoms with Gasteiger partial charge in [-0.25, -0.2) is 4.98 Å². The number of fused-ring (bicyclic) bond motifs is 2. The van der Waals surface area contributed by atoms with Crippen molar-refractivity contribution in [1.82, 2.24) is 14.8 Å². The minimum absolute atomic E-state index is 0. The molecule has 1 aromatic carbocycles. The number of halogens is 1. The van der Waals surface area contributed by atoms with E-state index in [4.69, 9.17) is 4.98 Å². The fourth-order valence-electron chi connectivity index (χ4n) is 4.27. The topological polar surface area (TPSA) is 82.6 Å². The summed E-state index contributed by atoms with van der Waals surface area (Å²) in [5.41, 5.74) is 3.18. The van der Waals surface area contributed by atoms with Gasteiger partial charge in [-0.2, -0.15) is 0 Å². The van der Waals surface area contributed by atoms with Gasteiger partial charge < -0.3 is 5.32 Å². The number of hydrogen-bond donors (Lipinski definition) is 1. The predicted molar refractivity (Wildman–Crippen MR) is 134 cm³/mol. The van der Waals surface area contributed by atoms with E-state index in [1.54, 1.807) is 22.7 Å². The lowest BCUT2D eigenvalue weighted by atomic mass is 10.0. The minimum Gasteiger partial charge on any atom is -0.316 e. The number of amides is 3. The van der Waals surface area contributed by atoms with Crippen LogP contribution >= 0.6 is 35.1 Å². The molecule has 0 bridgehead atoms. The van der Waals surface area contributed by atoms with Crippen LogP contribution in [0.2, 0.25) is 0 Å². The maximum Gasteiger partial charge on any atom is 0.245 e. The Morgan fingerprint density at radius 2 is 1.85 bits per heavy atom. The average molecular weight is 505 g/mol. The molecular formula is C23H25ClN4O3S2. The zero-order chi connectivity index (χ0) is 22.4. The van der Waals surface area contributed by atoms with Gasteiger partial charge in [0.2, 0.25) is 17.7 Å². The van der Waals surface area contributed by atoms with Crippen molar-refractivity contribution < 1.29 is 14.4 Å². The van der Waals surface area contributed by atoms with Crippen LogP contribution in [-0.2, 0) is 27.3 Å². The Labute approximate surface area is 206 Å². The normalized spacial score (nSPS) is 16.4. The van der Waals surface area contributed by atoms with Crippen molar-refractivity contribution in [3.05, 3.63) is 34.7 Å². The molecule has 2 aliphatic heterocycles. The van der Waals surface area contributed by atoms with E-state index in [-0.39, 0.29) is 49.5 Å². The van der Waals surface area contributed by atoms with E-state index >= 15 is 0 Å². The second kappa shape index (κ2) is 9.50. The number of thiophene rings is 1. The number of nitrogens with one attached hydrogen (secondary N) is 1. The molecule has 3 aromatic rings. The number of thiazole rings is 1. The Bertz CT molecular complexity index is 1190. The molecule has 174 valence electrons. The first kappa shape index (κ1) is 23.8. The summed E-state index contributed by atoms with van der Waals surface area (Å²) in [6.07, 6.45) is 1.26. The number of nitrogens with zero attached hydrogens (tertiary/aromatic N) is 3. The first-order valence-electron chi connectivity index (χ1n) is 10.8. The van der Waals surface area contributed by atoms with Gasteiger partial charge in [0, 0.05) is 42.4 Å². The third-order valence-electron chi connectivity index (χ3n) is 6.03. The third kappa shape index (κ3) is 4.55. The van der Waals surface area contributed by atoms with Crippen LogP contribution < -0.4 is 5.32 Å². The van der Waals surface area contributed by atoms with Crippen LogP contribution in [-0.4, -0.2) is 51.6 Å². The van der Waals surface area contributed by atoms with E-state index in [2.05, 4.69) is 30.1 Å². The van der Waals surface area contributed by atoms with Crippen molar-refractivity contribution in [1.29, 1.82) is 0 Å². The van der Waals surface area contributed by atoms with E-state index in [1.165, 1.54) is 10.4 Å². The van der Waals surface area contributed by atoms with Crippen LogP contribution in [0.1, 0.15) is 37.1 Å². The summed E-state index contributed by atoms with van der Waals surface area (Å²) in [4.78, 5) is 46.3. The molecule has 7 nitrogen and oxygen atoms in total. The molecule has 0 spiro atoms. The molecule has 3 amide bonds. The van der Waals surface area contributed by atoms with Crippen molar-refractivity contribution in [3.8, 4) is 10.6 Å². The number of likely N-dealkylation sites (tertiary alicyclic amines) is 1. The predicted octanol–water partition coefficient (Wildman–Crippen LogP) is 4.30. The van der Waals surface area contributed by atoms with Gasteiger partial charge in [-0.15, -0.1) is 35.1 Å². The fraction of sp³-hybridized carbons (Fsp3) is 0.391. The summed E-state index contributed by atoms with van der Waals surface area (Å²) in [5.74, 6) is -0.917. The second-order valence-corrected chi connectivity index (χ2v) is 10.6. The second-order valence-electron chi connectivity index (χ2n) is 8.43. The summed E-state index contributed by atoms with van der Waals surface area (Å²) in [6, 6.07) is 8.47. The van der Waals surface area contributed by atoms with Crippen molar-refractivity contribution >= 4 is 68.0 Å². The van der Waals surface area contributed by atoms with Gasteiger partial charge in [0.1, 0.15) is 16.6 Å². The van der Waals surface area contributed by atoms with E-state index in [0.717, 1.165) is 50.2 Å². The van der Waals surface area contributed by atoms with E-state index in [0.29, 0.717) is 6.04 Å². The molecule has 1 saturated heterocycles. The highest BCUT2D eigenvalue weighted by Gasteiger charge is 2.32. The number of carbonyl (C=O) groups is 3. The number of benzene rings is 1. The lowest BCUT2D eigenvalue weighted by Gasteiger charge is -2.30. The van der Waals surface area contributed by atoms with Crippen LogP contribution in [0.3, 0.4) is 0 Å². The largest absolute Gasteiger partial charge is 0.316 e. The standard InChI is InChI=1S/C23H24N4O3S2.ClH/c1-13(2)26-10-9-14-17(11-26)32-23(25-18(28)12-27-19(29)7-8-20(27)30)21(14)22-24-15-5-3-4-6-16(15)31-22;/h3-6,13H,7-12H2,1-2H3,(H,25,28);1H. The van der Waals surface area contributed by atoms with Gasteiger partial charge in [-0.1, -0.05) is 12.1 Å². The molecule has 0 aliphatic carbocycles. The Hall–Kier alpha value is -2.33. The highest BCUT2D eigenvalue weighted by atomic mass is 35.5. The first-order valence-corrected chi connectivity index (χ1v) is 12.4. The molecule has 0 unspecified atom stereocenters. The molecular weight excluding hydrogens is 480 g/mol. The maximum atomic E-state index is 12.8. The molecule has 2 aliphatic rings. The Balaban J connectivity index is 0.00000259. The summed E-state index contributed by atoms with van der Waals surface area (Å²) in [7, 11) is 0. The number of anilines is 1. The van der Waals surface area contributed by atoms with Crippen molar-refractivity contribution in [2.45, 2.75) is 45.7 Å². The zero-order valence-corrected chi connectivity index (χ0v) is 20.9. The zero-order valence-electron chi connectivity index (χ0n) is 18.4. The number of imide groups is 1. The number of aromatic nitrogens is 1. The lowest BCUT2D eigenvalue weighted by molar-refractivity contribution is -0.141. The monoisotopic (exact) mass is 504 g/mol. The number of para-hydroxylation sites is 1. The minimum atomic E-state index is -0.352. The molecule has 1 fully saturated rings. The van der Waals surface area contributed by atoms with Gasteiger partial charge in [-0.3, -0.25) is 24.2 Å². The molecule has 0 saturated carbocycles. The smallest absolute Gasteiger partial charge is 0.245 e. The maximum absolute atomic E-state index is 12.8. The Kier molecular flexibility index (Phi) is 6.86. The van der Waals surface area contributed by atoms with Crippen LogP contribution in [0.4, 0.5) is 5.00 Å². The van der Waals surface area contributed by atoms with Crippen LogP contribution in [0.15, 0.2) is 24.3 Å². The van der Waals surface area contributed by atoms with Crippen LogP contribution in [0.5, 0.6) is 0 Å². The van der Waals surface area contributed by atoms with E-state index in [1.807, 2.05) is 18.2 Å². The van der Waals surface area contributed by atoms with Gasteiger partial charge in [-0.05, 0) is 38.0 Å². The molecule has 0 atom stereocenters. The molecule has 2 aromatic heterocycles. The average Bonchev–Trinajstić information content (AvgIpc) is 3.43. The highest BCUT2D eigenvalue weighted by molar-refractivity contribution is 7.22. The Morgan fingerprint density at radius 1 is 1.12 bits per heavy atom. The van der Waals surface area contributed by atoms with Crippen LogP contribution in [0.25, 0.3) is 20.8 Å². The molecule has 33 heavy (non-hydrogen) atoms. The fourth-order valence-corrected chi connectivity index (χ4v) is 6.67. The molecule has 5 rings (SSSR count). The van der Waals surface area contributed by atoms with Crippen LogP contribution in [0, 0.1) is 0 Å². The van der Waals surface area contributed by atoms with Crippen molar-refractivity contribution in [2.75, 3.05) is 18.4 Å². The third-order valence-corrected chi connectivity index (χ3v) is 8.22. The highest BCUT2D eigenvalue weighted by Crippen LogP contribution is 2.45. The van der Waals surface area contributed by atoms with Gasteiger partial charge >= 0.3 is 0 Å². The quantitative estimate of drug-likeness (QED) is 0.524. The van der Waals surface area contributed by atoms with Crippen molar-refractivity contribution in [3.63, 3.8) is 0 Å². The lowest BCUT2D eigenvalue weighted by Crippen LogP contribution is -2.36. The summed E-state index contributed by atoms with van der Waals surface area (Å²) in [5, 5.41) is 4.65. The summed E-state index contributed by atoms with van der Waals surface area (Å²) in [6.45, 7) is 5.95. The van der Waals surface area contributed by atoms with Crippen molar-refractivity contribution in [2.24, 2.45) is 0 Å². The first-order chi connectivity index (χ1) is 15.4. The molecule has 1 N–H and O–H groups in total. The van der Waals surface area contributed by atoms with E-state index < -0.39 is 0 Å². The molecule has 0 radical (unpaired) electrons. The van der Waals surface area contributed by atoms with Gasteiger partial charge in [0.15, 0.2) is 0 Å². The number of hydrogen-bond acceptors (Lipinski definition) is 7.